The van der Waals surface area contributed by atoms with Crippen LogP contribution in [-0.2, 0) is 0 Å². The summed E-state index contributed by atoms with van der Waals surface area (Å²) < 4.78 is 0. The summed E-state index contributed by atoms with van der Waals surface area (Å²) in [5.41, 5.74) is 2.77. The van der Waals surface area contributed by atoms with Crippen LogP contribution in [0.4, 0.5) is 5.69 Å². The molecule has 2 heteroatoms. The van der Waals surface area contributed by atoms with Gasteiger partial charge in [-0.2, -0.15) is 0 Å². The van der Waals surface area contributed by atoms with Gasteiger partial charge in [0.15, 0.2) is 0 Å². The van der Waals surface area contributed by atoms with Crippen molar-refractivity contribution in [3.63, 3.8) is 0 Å². The van der Waals surface area contributed by atoms with Crippen molar-refractivity contribution in [2.45, 2.75) is 19.9 Å². The van der Waals surface area contributed by atoms with Crippen molar-refractivity contribution in [3.8, 4) is 0 Å². The Hall–Kier alpha value is -1.02. The maximum absolute atomic E-state index is 3.46. The quantitative estimate of drug-likeness (QED) is 0.726. The number of nitrogens with zero attached hydrogens (tertiary/aromatic N) is 1. The van der Waals surface area contributed by atoms with Crippen LogP contribution in [0.2, 0.25) is 0 Å². The molecule has 0 aliphatic carbocycles. The zero-order valence-electron chi connectivity index (χ0n) is 8.96. The number of piperazine rings is 1. The summed E-state index contributed by atoms with van der Waals surface area (Å²) in [7, 11) is 0. The predicted octanol–water partition coefficient (Wildman–Crippen LogP) is 1.79. The van der Waals surface area contributed by atoms with Gasteiger partial charge in [-0.3, -0.25) is 0 Å². The Morgan fingerprint density at radius 3 is 2.86 bits per heavy atom. The molecule has 1 heterocycles. The number of hydrogen-bond acceptors (Lipinski definition) is 2. The third-order valence-electron chi connectivity index (χ3n) is 2.82. The fourth-order valence-electron chi connectivity index (χ4n) is 2.07. The standard InChI is InChI=1S/C12H18N2/c1-10-5-3-4-6-12(10)14-8-7-13-11(2)9-14/h3-6,11,13H,7-9H2,1-2H3/t11-/m0/s1. The molecule has 1 fully saturated rings. The summed E-state index contributed by atoms with van der Waals surface area (Å²) in [6, 6.07) is 9.22. The van der Waals surface area contributed by atoms with E-state index in [1.807, 2.05) is 0 Å². The van der Waals surface area contributed by atoms with Crippen LogP contribution in [-0.4, -0.2) is 25.7 Å². The summed E-state index contributed by atoms with van der Waals surface area (Å²) >= 11 is 0. The van der Waals surface area contributed by atoms with Gasteiger partial charge in [0.25, 0.3) is 0 Å². The molecule has 0 bridgehead atoms. The molecule has 76 valence electrons. The smallest absolute Gasteiger partial charge is 0.0396 e. The lowest BCUT2D eigenvalue weighted by atomic mass is 10.1. The van der Waals surface area contributed by atoms with Gasteiger partial charge in [-0.15, -0.1) is 0 Å². The third-order valence-corrected chi connectivity index (χ3v) is 2.82. The van der Waals surface area contributed by atoms with E-state index < -0.39 is 0 Å². The highest BCUT2D eigenvalue weighted by Gasteiger charge is 2.16. The lowest BCUT2D eigenvalue weighted by Crippen LogP contribution is -2.49. The monoisotopic (exact) mass is 190 g/mol. The van der Waals surface area contributed by atoms with Crippen molar-refractivity contribution < 1.29 is 0 Å². The van der Waals surface area contributed by atoms with Gasteiger partial charge in [-0.1, -0.05) is 18.2 Å². The summed E-state index contributed by atoms with van der Waals surface area (Å²) in [5.74, 6) is 0. The number of para-hydroxylation sites is 1. The molecule has 1 atom stereocenters. The fourth-order valence-corrected chi connectivity index (χ4v) is 2.07. The number of aryl methyl sites for hydroxylation is 1. The maximum Gasteiger partial charge on any atom is 0.0396 e. The van der Waals surface area contributed by atoms with E-state index in [4.69, 9.17) is 0 Å². The second kappa shape index (κ2) is 4.01. The molecule has 1 N–H and O–H groups in total. The van der Waals surface area contributed by atoms with Crippen LogP contribution in [0.1, 0.15) is 12.5 Å². The topological polar surface area (TPSA) is 15.3 Å². The molecule has 0 spiro atoms. The SMILES string of the molecule is Cc1ccccc1N1CCN[C@@H](C)C1. The molecule has 0 aromatic heterocycles. The Balaban J connectivity index is 2.18. The summed E-state index contributed by atoms with van der Waals surface area (Å²) in [5, 5.41) is 3.46. The van der Waals surface area contributed by atoms with E-state index in [0.29, 0.717) is 6.04 Å². The minimum Gasteiger partial charge on any atom is -0.368 e. The van der Waals surface area contributed by atoms with Crippen molar-refractivity contribution in [2.75, 3.05) is 24.5 Å². The molecule has 0 amide bonds. The molecule has 1 aliphatic heterocycles. The average Bonchev–Trinajstić information content (AvgIpc) is 2.18. The highest BCUT2D eigenvalue weighted by Crippen LogP contribution is 2.20. The molecule has 1 aliphatic rings. The predicted molar refractivity (Wildman–Crippen MR) is 60.9 cm³/mol. The lowest BCUT2D eigenvalue weighted by Gasteiger charge is -2.34. The van der Waals surface area contributed by atoms with Gasteiger partial charge >= 0.3 is 0 Å². The molecule has 1 aromatic rings. The second-order valence-corrected chi connectivity index (χ2v) is 4.09. The maximum atomic E-state index is 3.46. The van der Waals surface area contributed by atoms with Crippen LogP contribution in [0.25, 0.3) is 0 Å². The van der Waals surface area contributed by atoms with E-state index in [1.54, 1.807) is 0 Å². The second-order valence-electron chi connectivity index (χ2n) is 4.09. The van der Waals surface area contributed by atoms with Crippen molar-refractivity contribution in [3.05, 3.63) is 29.8 Å². The van der Waals surface area contributed by atoms with E-state index in [2.05, 4.69) is 48.3 Å². The third kappa shape index (κ3) is 1.90. The normalized spacial score (nSPS) is 22.4. The lowest BCUT2D eigenvalue weighted by molar-refractivity contribution is 0.484. The molecule has 14 heavy (non-hydrogen) atoms. The Kier molecular flexibility index (Phi) is 2.73. The molecule has 1 saturated heterocycles. The molecule has 1 aromatic carbocycles. The molecular formula is C12H18N2. The highest BCUT2D eigenvalue weighted by atomic mass is 15.2. The van der Waals surface area contributed by atoms with Gasteiger partial charge in [-0.25, -0.2) is 0 Å². The number of nitrogens with one attached hydrogen (secondary N) is 1. The van der Waals surface area contributed by atoms with Crippen LogP contribution >= 0.6 is 0 Å². The Bertz CT molecular complexity index is 309. The van der Waals surface area contributed by atoms with Gasteiger partial charge in [-0.05, 0) is 25.5 Å². The first kappa shape index (κ1) is 9.53. The zero-order valence-corrected chi connectivity index (χ0v) is 8.96. The van der Waals surface area contributed by atoms with E-state index in [9.17, 15) is 0 Å². The van der Waals surface area contributed by atoms with Gasteiger partial charge in [0, 0.05) is 31.4 Å². The fraction of sp³-hybridized carbons (Fsp3) is 0.500. The molecule has 2 nitrogen and oxygen atoms in total. The number of hydrogen-bond donors (Lipinski definition) is 1. The minimum absolute atomic E-state index is 0.600. The van der Waals surface area contributed by atoms with Crippen molar-refractivity contribution in [1.29, 1.82) is 0 Å². The van der Waals surface area contributed by atoms with Gasteiger partial charge in [0.1, 0.15) is 0 Å². The zero-order chi connectivity index (χ0) is 9.97. The molecule has 0 unspecified atom stereocenters. The minimum atomic E-state index is 0.600. The van der Waals surface area contributed by atoms with Crippen LogP contribution in [0.3, 0.4) is 0 Å². The summed E-state index contributed by atoms with van der Waals surface area (Å²) in [6.07, 6.45) is 0. The largest absolute Gasteiger partial charge is 0.368 e. The molecule has 0 radical (unpaired) electrons. The number of rotatable bonds is 1. The van der Waals surface area contributed by atoms with E-state index >= 15 is 0 Å². The van der Waals surface area contributed by atoms with Crippen molar-refractivity contribution >= 4 is 5.69 Å². The molecule has 0 saturated carbocycles. The van der Waals surface area contributed by atoms with Gasteiger partial charge in [0.2, 0.25) is 0 Å². The van der Waals surface area contributed by atoms with E-state index in [-0.39, 0.29) is 0 Å². The number of anilines is 1. The first-order valence-electron chi connectivity index (χ1n) is 5.31. The Labute approximate surface area is 85.9 Å². The number of benzene rings is 1. The molecule has 2 rings (SSSR count). The van der Waals surface area contributed by atoms with Crippen LogP contribution in [0, 0.1) is 6.92 Å². The first-order chi connectivity index (χ1) is 6.77. The van der Waals surface area contributed by atoms with Crippen molar-refractivity contribution in [1.82, 2.24) is 5.32 Å². The molecular weight excluding hydrogens is 172 g/mol. The summed E-state index contributed by atoms with van der Waals surface area (Å²) in [4.78, 5) is 2.47. The summed E-state index contributed by atoms with van der Waals surface area (Å²) in [6.45, 7) is 7.75. The van der Waals surface area contributed by atoms with Gasteiger partial charge < -0.3 is 10.2 Å². The van der Waals surface area contributed by atoms with Gasteiger partial charge in [0.05, 0.1) is 0 Å². The average molecular weight is 190 g/mol. The highest BCUT2D eigenvalue weighted by molar-refractivity contribution is 5.53. The van der Waals surface area contributed by atoms with E-state index in [0.717, 1.165) is 19.6 Å². The van der Waals surface area contributed by atoms with Crippen LogP contribution in [0.5, 0.6) is 0 Å². The van der Waals surface area contributed by atoms with E-state index in [1.165, 1.54) is 11.3 Å². The van der Waals surface area contributed by atoms with Crippen molar-refractivity contribution in [2.24, 2.45) is 0 Å². The Morgan fingerprint density at radius 2 is 2.14 bits per heavy atom. The Morgan fingerprint density at radius 1 is 1.36 bits per heavy atom. The first-order valence-corrected chi connectivity index (χ1v) is 5.31. The van der Waals surface area contributed by atoms with Crippen LogP contribution in [0.15, 0.2) is 24.3 Å². The van der Waals surface area contributed by atoms with Crippen LogP contribution < -0.4 is 10.2 Å².